The quantitative estimate of drug-likeness (QED) is 0.361. The molecule has 0 spiro atoms. The van der Waals surface area contributed by atoms with Gasteiger partial charge in [-0.2, -0.15) is 9.41 Å². The number of nitro groups is 1. The summed E-state index contributed by atoms with van der Waals surface area (Å²) in [7, 11) is -3.96. The van der Waals surface area contributed by atoms with Gasteiger partial charge in [0.05, 0.1) is 48.3 Å². The van der Waals surface area contributed by atoms with Gasteiger partial charge in [-0.15, -0.1) is 11.3 Å². The Morgan fingerprint density at radius 2 is 1.75 bits per heavy atom. The summed E-state index contributed by atoms with van der Waals surface area (Å²) in [6, 6.07) is 7.61. The summed E-state index contributed by atoms with van der Waals surface area (Å²) in [5.74, 6) is 0. The monoisotopic (exact) mass is 481 g/mol. The van der Waals surface area contributed by atoms with E-state index in [9.17, 15) is 18.5 Å². The molecule has 172 valence electrons. The number of hydrogen-bond donors (Lipinski definition) is 1. The molecule has 0 saturated carbocycles. The topological polar surface area (TPSA) is 127 Å². The molecule has 0 radical (unpaired) electrons. The molecular formula is C19H23N5O6S2. The number of hydrazone groups is 1. The van der Waals surface area contributed by atoms with Crippen molar-refractivity contribution < 1.29 is 22.8 Å². The molecule has 0 bridgehead atoms. The Balaban J connectivity index is 1.54. The maximum absolute atomic E-state index is 13.1. The fourth-order valence-corrected chi connectivity index (χ4v) is 5.89. The summed E-state index contributed by atoms with van der Waals surface area (Å²) < 4.78 is 38.1. The van der Waals surface area contributed by atoms with E-state index >= 15 is 0 Å². The minimum Gasteiger partial charge on any atom is -0.379 e. The minimum absolute atomic E-state index is 0.170. The summed E-state index contributed by atoms with van der Waals surface area (Å²) in [5, 5.41) is 16.5. The third-order valence-electron chi connectivity index (χ3n) is 5.08. The molecule has 2 aliphatic rings. The molecular weight excluding hydrogens is 458 g/mol. The SMILES string of the molecule is O=[N+]([O-])c1ccc(NN=Cc2ccc(N3CCOCC3)s2)c(S(=O)(=O)N2CCOCC2)c1. The third-order valence-corrected chi connectivity index (χ3v) is 8.10. The molecule has 13 heteroatoms. The van der Waals surface area contributed by atoms with Crippen molar-refractivity contribution in [3.63, 3.8) is 0 Å². The van der Waals surface area contributed by atoms with E-state index < -0.39 is 14.9 Å². The maximum atomic E-state index is 13.1. The lowest BCUT2D eigenvalue weighted by Gasteiger charge is -2.27. The normalized spacial score (nSPS) is 18.2. The maximum Gasteiger partial charge on any atom is 0.270 e. The van der Waals surface area contributed by atoms with Gasteiger partial charge in [0.25, 0.3) is 5.69 Å². The number of morpholine rings is 2. The number of hydrogen-bond acceptors (Lipinski definition) is 10. The first-order valence-electron chi connectivity index (χ1n) is 10.0. The molecule has 1 aromatic heterocycles. The largest absolute Gasteiger partial charge is 0.379 e. The van der Waals surface area contributed by atoms with Gasteiger partial charge in [0, 0.05) is 43.2 Å². The lowest BCUT2D eigenvalue weighted by Crippen LogP contribution is -2.40. The van der Waals surface area contributed by atoms with Gasteiger partial charge in [-0.1, -0.05) is 0 Å². The zero-order valence-electron chi connectivity index (χ0n) is 17.2. The average Bonchev–Trinajstić information content (AvgIpc) is 3.29. The Morgan fingerprint density at radius 1 is 1.06 bits per heavy atom. The van der Waals surface area contributed by atoms with Gasteiger partial charge >= 0.3 is 0 Å². The molecule has 1 aromatic carbocycles. The Hall–Kier alpha value is -2.58. The van der Waals surface area contributed by atoms with Crippen molar-refractivity contribution in [3.8, 4) is 0 Å². The van der Waals surface area contributed by atoms with Crippen LogP contribution in [0.2, 0.25) is 0 Å². The molecule has 0 amide bonds. The molecule has 0 unspecified atom stereocenters. The van der Waals surface area contributed by atoms with Crippen LogP contribution in [0.3, 0.4) is 0 Å². The Morgan fingerprint density at radius 3 is 2.44 bits per heavy atom. The zero-order chi connectivity index (χ0) is 22.6. The summed E-state index contributed by atoms with van der Waals surface area (Å²) in [6.45, 7) is 3.99. The summed E-state index contributed by atoms with van der Waals surface area (Å²) >= 11 is 1.56. The van der Waals surface area contributed by atoms with E-state index in [1.54, 1.807) is 17.6 Å². The smallest absolute Gasteiger partial charge is 0.270 e. The van der Waals surface area contributed by atoms with Crippen LogP contribution in [0, 0.1) is 10.1 Å². The molecule has 2 fully saturated rings. The Bertz CT molecular complexity index is 1090. The van der Waals surface area contributed by atoms with Gasteiger partial charge in [0.1, 0.15) is 4.90 Å². The number of nitro benzene ring substituents is 1. The Kier molecular flexibility index (Phi) is 7.01. The third kappa shape index (κ3) is 5.07. The lowest BCUT2D eigenvalue weighted by molar-refractivity contribution is -0.385. The number of benzene rings is 1. The van der Waals surface area contributed by atoms with Crippen molar-refractivity contribution in [2.45, 2.75) is 4.90 Å². The fourth-order valence-electron chi connectivity index (χ4n) is 3.39. The van der Waals surface area contributed by atoms with Crippen LogP contribution in [-0.4, -0.2) is 76.5 Å². The molecule has 1 N–H and O–H groups in total. The van der Waals surface area contributed by atoms with E-state index in [1.165, 1.54) is 16.4 Å². The van der Waals surface area contributed by atoms with Gasteiger partial charge < -0.3 is 14.4 Å². The van der Waals surface area contributed by atoms with E-state index in [0.717, 1.165) is 29.0 Å². The Labute approximate surface area is 189 Å². The average molecular weight is 482 g/mol. The van der Waals surface area contributed by atoms with Gasteiger partial charge in [-0.05, 0) is 18.2 Å². The van der Waals surface area contributed by atoms with Crippen molar-refractivity contribution in [3.05, 3.63) is 45.3 Å². The van der Waals surface area contributed by atoms with Gasteiger partial charge in [-0.3, -0.25) is 15.5 Å². The highest BCUT2D eigenvalue weighted by atomic mass is 32.2. The van der Waals surface area contributed by atoms with Crippen LogP contribution in [0.1, 0.15) is 4.88 Å². The predicted molar refractivity (Wildman–Crippen MR) is 121 cm³/mol. The van der Waals surface area contributed by atoms with Crippen LogP contribution in [0.15, 0.2) is 40.3 Å². The minimum atomic E-state index is -3.96. The molecule has 11 nitrogen and oxygen atoms in total. The highest BCUT2D eigenvalue weighted by molar-refractivity contribution is 7.89. The number of nitrogens with zero attached hydrogens (tertiary/aromatic N) is 4. The number of rotatable bonds is 7. The van der Waals surface area contributed by atoms with E-state index in [2.05, 4.69) is 15.4 Å². The molecule has 3 heterocycles. The first-order chi connectivity index (χ1) is 15.4. The standard InChI is InChI=1S/C19H23N5O6S2/c25-24(26)15-1-3-17(18(13-15)32(27,28)23-7-11-30-12-8-23)21-20-14-16-2-4-19(31-16)22-5-9-29-10-6-22/h1-4,13-14,21H,5-12H2. The highest BCUT2D eigenvalue weighted by Crippen LogP contribution is 2.30. The second-order valence-electron chi connectivity index (χ2n) is 7.10. The van der Waals surface area contributed by atoms with Crippen molar-refractivity contribution >= 4 is 44.0 Å². The molecule has 0 atom stereocenters. The van der Waals surface area contributed by atoms with Crippen LogP contribution in [-0.2, 0) is 19.5 Å². The van der Waals surface area contributed by atoms with Crippen molar-refractivity contribution in [2.75, 3.05) is 62.9 Å². The van der Waals surface area contributed by atoms with Crippen LogP contribution in [0.5, 0.6) is 0 Å². The van der Waals surface area contributed by atoms with Crippen LogP contribution in [0.25, 0.3) is 0 Å². The second-order valence-corrected chi connectivity index (χ2v) is 10.1. The van der Waals surface area contributed by atoms with Gasteiger partial charge in [-0.25, -0.2) is 8.42 Å². The van der Waals surface area contributed by atoms with E-state index in [4.69, 9.17) is 9.47 Å². The van der Waals surface area contributed by atoms with E-state index in [1.807, 2.05) is 12.1 Å². The van der Waals surface area contributed by atoms with Crippen molar-refractivity contribution in [1.82, 2.24) is 4.31 Å². The van der Waals surface area contributed by atoms with Gasteiger partial charge in [0.2, 0.25) is 10.0 Å². The van der Waals surface area contributed by atoms with E-state index in [-0.39, 0.29) is 42.6 Å². The molecule has 4 rings (SSSR count). The predicted octanol–water partition coefficient (Wildman–Crippen LogP) is 1.96. The van der Waals surface area contributed by atoms with Crippen molar-refractivity contribution in [1.29, 1.82) is 0 Å². The number of nitrogens with one attached hydrogen (secondary N) is 1. The number of non-ortho nitro benzene ring substituents is 1. The lowest BCUT2D eigenvalue weighted by atomic mass is 10.3. The molecule has 2 saturated heterocycles. The molecule has 2 aliphatic heterocycles. The van der Waals surface area contributed by atoms with Crippen LogP contribution < -0.4 is 10.3 Å². The summed E-state index contributed by atoms with van der Waals surface area (Å²) in [5.41, 5.74) is 2.61. The first-order valence-corrected chi connectivity index (χ1v) is 12.3. The zero-order valence-corrected chi connectivity index (χ0v) is 18.8. The number of sulfonamides is 1. The summed E-state index contributed by atoms with van der Waals surface area (Å²) in [4.78, 5) is 13.5. The fraction of sp³-hybridized carbons (Fsp3) is 0.421. The number of ether oxygens (including phenoxy) is 2. The second kappa shape index (κ2) is 9.92. The molecule has 2 aromatic rings. The van der Waals surface area contributed by atoms with Crippen LogP contribution >= 0.6 is 11.3 Å². The van der Waals surface area contributed by atoms with E-state index in [0.29, 0.717) is 13.2 Å². The van der Waals surface area contributed by atoms with Crippen molar-refractivity contribution in [2.24, 2.45) is 5.10 Å². The van der Waals surface area contributed by atoms with Gasteiger partial charge in [0.15, 0.2) is 0 Å². The van der Waals surface area contributed by atoms with Crippen LogP contribution in [0.4, 0.5) is 16.4 Å². The molecule has 32 heavy (non-hydrogen) atoms. The number of thiophene rings is 1. The first kappa shape index (κ1) is 22.6. The molecule has 0 aliphatic carbocycles. The highest BCUT2D eigenvalue weighted by Gasteiger charge is 2.30. The number of anilines is 2. The summed E-state index contributed by atoms with van der Waals surface area (Å²) in [6.07, 6.45) is 1.60.